The quantitative estimate of drug-likeness (QED) is 0.727. The van der Waals surface area contributed by atoms with Crippen molar-refractivity contribution in [3.05, 3.63) is 48.4 Å². The van der Waals surface area contributed by atoms with Gasteiger partial charge in [-0.2, -0.15) is 5.10 Å². The number of rotatable bonds is 5. The lowest BCUT2D eigenvalue weighted by atomic mass is 10.1. The number of nitrogens with one attached hydrogen (secondary N) is 2. The van der Waals surface area contributed by atoms with Crippen molar-refractivity contribution < 1.29 is 9.18 Å². The summed E-state index contributed by atoms with van der Waals surface area (Å²) in [5.41, 5.74) is 1.66. The number of halogens is 1. The minimum Gasteiger partial charge on any atom is -0.354 e. The summed E-state index contributed by atoms with van der Waals surface area (Å²) in [6, 6.07) is 7.22. The zero-order valence-corrected chi connectivity index (χ0v) is 14.1. The van der Waals surface area contributed by atoms with Crippen LogP contribution in [0.25, 0.3) is 11.0 Å². The molecule has 0 aromatic carbocycles. The van der Waals surface area contributed by atoms with Gasteiger partial charge in [-0.05, 0) is 29.8 Å². The number of nitrogens with zero attached hydrogens (tertiary/aromatic N) is 4. The molecule has 1 amide bonds. The van der Waals surface area contributed by atoms with Crippen LogP contribution in [0.2, 0.25) is 0 Å². The Bertz CT molecular complexity index is 899. The predicted molar refractivity (Wildman–Crippen MR) is 95.5 cm³/mol. The Morgan fingerprint density at radius 2 is 2.23 bits per heavy atom. The van der Waals surface area contributed by atoms with E-state index in [-0.39, 0.29) is 24.9 Å². The number of hydrogen-bond acceptors (Lipinski definition) is 5. The summed E-state index contributed by atoms with van der Waals surface area (Å²) in [7, 11) is 0. The number of alkyl halides is 1. The van der Waals surface area contributed by atoms with Crippen molar-refractivity contribution in [1.82, 2.24) is 25.5 Å². The van der Waals surface area contributed by atoms with E-state index in [0.29, 0.717) is 18.8 Å². The van der Waals surface area contributed by atoms with Crippen LogP contribution in [0.3, 0.4) is 0 Å². The molecule has 0 saturated carbocycles. The third kappa shape index (κ3) is 3.35. The number of carbonyl (C=O) groups is 1. The molecule has 2 N–H and O–H groups in total. The van der Waals surface area contributed by atoms with Crippen molar-refractivity contribution in [1.29, 1.82) is 0 Å². The molecule has 2 atom stereocenters. The first kappa shape index (κ1) is 16.4. The van der Waals surface area contributed by atoms with E-state index in [4.69, 9.17) is 0 Å². The summed E-state index contributed by atoms with van der Waals surface area (Å²) in [5.74, 6) is 0.533. The van der Waals surface area contributed by atoms with Gasteiger partial charge in [0.15, 0.2) is 5.82 Å². The maximum Gasteiger partial charge on any atom is 0.224 e. The van der Waals surface area contributed by atoms with Crippen molar-refractivity contribution in [3.8, 4) is 0 Å². The second-order valence-electron chi connectivity index (χ2n) is 6.42. The van der Waals surface area contributed by atoms with Gasteiger partial charge in [0.25, 0.3) is 0 Å². The summed E-state index contributed by atoms with van der Waals surface area (Å²) in [5, 5.41) is 11.8. The van der Waals surface area contributed by atoms with E-state index in [1.54, 1.807) is 30.7 Å². The smallest absolute Gasteiger partial charge is 0.224 e. The lowest BCUT2D eigenvalue weighted by molar-refractivity contribution is -0.120. The average molecular weight is 354 g/mol. The van der Waals surface area contributed by atoms with Gasteiger partial charge in [-0.1, -0.05) is 0 Å². The van der Waals surface area contributed by atoms with Gasteiger partial charge in [0.05, 0.1) is 19.0 Å². The van der Waals surface area contributed by atoms with E-state index in [1.165, 1.54) is 0 Å². The van der Waals surface area contributed by atoms with Gasteiger partial charge in [-0.15, -0.1) is 5.10 Å². The van der Waals surface area contributed by atoms with Crippen LogP contribution in [-0.4, -0.2) is 51.4 Å². The Hall–Kier alpha value is -3.03. The molecule has 0 radical (unpaired) electrons. The van der Waals surface area contributed by atoms with Crippen LogP contribution < -0.4 is 10.2 Å². The van der Waals surface area contributed by atoms with Crippen molar-refractivity contribution >= 4 is 22.8 Å². The Morgan fingerprint density at radius 1 is 1.35 bits per heavy atom. The first-order chi connectivity index (χ1) is 12.7. The molecule has 8 heteroatoms. The molecule has 134 valence electrons. The highest BCUT2D eigenvalue weighted by atomic mass is 19.1. The van der Waals surface area contributed by atoms with Crippen LogP contribution in [-0.2, 0) is 11.2 Å². The number of amides is 1. The standard InChI is InChI=1S/C18H19FN6O/c19-13-8-14(25(11-13)16-4-2-6-23-24-16)10-21-17(26)7-12-9-22-18-15(12)3-1-5-20-18/h1-6,9,13-14H,7-8,10-11H2,(H,20,22)(H,21,26)/t13-,14-/m0/s1. The molecule has 3 aromatic heterocycles. The highest BCUT2D eigenvalue weighted by molar-refractivity contribution is 5.87. The lowest BCUT2D eigenvalue weighted by Crippen LogP contribution is -2.41. The third-order valence-corrected chi connectivity index (χ3v) is 4.64. The molecule has 1 aliphatic rings. The summed E-state index contributed by atoms with van der Waals surface area (Å²) in [6.07, 6.45) is 4.78. The zero-order chi connectivity index (χ0) is 17.9. The molecule has 4 rings (SSSR count). The van der Waals surface area contributed by atoms with Gasteiger partial charge in [0, 0.05) is 36.9 Å². The number of aromatic amines is 1. The van der Waals surface area contributed by atoms with E-state index in [1.807, 2.05) is 17.0 Å². The van der Waals surface area contributed by atoms with E-state index in [9.17, 15) is 9.18 Å². The van der Waals surface area contributed by atoms with E-state index < -0.39 is 6.17 Å². The first-order valence-electron chi connectivity index (χ1n) is 8.57. The Balaban J connectivity index is 1.39. The van der Waals surface area contributed by atoms with Crippen LogP contribution in [0.1, 0.15) is 12.0 Å². The number of H-pyrrole nitrogens is 1. The summed E-state index contributed by atoms with van der Waals surface area (Å²) in [6.45, 7) is 0.643. The molecular weight excluding hydrogens is 335 g/mol. The van der Waals surface area contributed by atoms with E-state index in [2.05, 4.69) is 25.5 Å². The van der Waals surface area contributed by atoms with Gasteiger partial charge < -0.3 is 15.2 Å². The van der Waals surface area contributed by atoms with Gasteiger partial charge in [0.1, 0.15) is 11.8 Å². The number of pyridine rings is 1. The monoisotopic (exact) mass is 354 g/mol. The number of hydrogen-bond donors (Lipinski definition) is 2. The van der Waals surface area contributed by atoms with Crippen molar-refractivity contribution in [2.45, 2.75) is 25.1 Å². The highest BCUT2D eigenvalue weighted by Gasteiger charge is 2.33. The fourth-order valence-electron chi connectivity index (χ4n) is 3.41. The first-order valence-corrected chi connectivity index (χ1v) is 8.57. The van der Waals surface area contributed by atoms with Crippen LogP contribution in [0.4, 0.5) is 10.2 Å². The molecule has 0 unspecified atom stereocenters. The number of anilines is 1. The fourth-order valence-corrected chi connectivity index (χ4v) is 3.41. The maximum absolute atomic E-state index is 13.9. The highest BCUT2D eigenvalue weighted by Crippen LogP contribution is 2.25. The Labute approximate surface area is 149 Å². The molecule has 26 heavy (non-hydrogen) atoms. The minimum absolute atomic E-state index is 0.101. The molecule has 7 nitrogen and oxygen atoms in total. The average Bonchev–Trinajstić information content (AvgIpc) is 3.24. The molecule has 0 spiro atoms. The molecule has 4 heterocycles. The Morgan fingerprint density at radius 3 is 3.08 bits per heavy atom. The topological polar surface area (TPSA) is 86.8 Å². The van der Waals surface area contributed by atoms with Crippen LogP contribution in [0, 0.1) is 0 Å². The number of fused-ring (bicyclic) bond motifs is 1. The number of carbonyl (C=O) groups excluding carboxylic acids is 1. The van der Waals surface area contributed by atoms with Crippen molar-refractivity contribution in [3.63, 3.8) is 0 Å². The molecule has 1 saturated heterocycles. The second kappa shape index (κ2) is 7.07. The van der Waals surface area contributed by atoms with E-state index >= 15 is 0 Å². The van der Waals surface area contributed by atoms with Gasteiger partial charge in [-0.3, -0.25) is 4.79 Å². The van der Waals surface area contributed by atoms with Gasteiger partial charge in [0.2, 0.25) is 5.91 Å². The summed E-state index contributed by atoms with van der Waals surface area (Å²) < 4.78 is 13.9. The van der Waals surface area contributed by atoms with Crippen molar-refractivity contribution in [2.75, 3.05) is 18.0 Å². The molecule has 0 aliphatic carbocycles. The fraction of sp³-hybridized carbons (Fsp3) is 0.333. The third-order valence-electron chi connectivity index (χ3n) is 4.64. The normalized spacial score (nSPS) is 19.8. The molecule has 0 bridgehead atoms. The molecule has 3 aromatic rings. The molecular formula is C18H19FN6O. The SMILES string of the molecule is O=C(Cc1c[nH]c2ncccc12)NC[C@@H]1C[C@H](F)CN1c1cccnn1. The zero-order valence-electron chi connectivity index (χ0n) is 14.1. The Kier molecular flexibility index (Phi) is 4.47. The van der Waals surface area contributed by atoms with Crippen molar-refractivity contribution in [2.24, 2.45) is 0 Å². The predicted octanol–water partition coefficient (Wildman–Crippen LogP) is 1.63. The minimum atomic E-state index is -0.932. The van der Waals surface area contributed by atoms with Gasteiger partial charge in [-0.25, -0.2) is 9.37 Å². The number of aromatic nitrogens is 4. The van der Waals surface area contributed by atoms with Crippen LogP contribution in [0.15, 0.2) is 42.9 Å². The lowest BCUT2D eigenvalue weighted by Gasteiger charge is -2.24. The molecule has 1 fully saturated rings. The molecule has 1 aliphatic heterocycles. The summed E-state index contributed by atoms with van der Waals surface area (Å²) >= 11 is 0. The van der Waals surface area contributed by atoms with Crippen LogP contribution >= 0.6 is 0 Å². The van der Waals surface area contributed by atoms with E-state index in [0.717, 1.165) is 16.6 Å². The van der Waals surface area contributed by atoms with Gasteiger partial charge >= 0.3 is 0 Å². The summed E-state index contributed by atoms with van der Waals surface area (Å²) in [4.78, 5) is 21.5. The second-order valence-corrected chi connectivity index (χ2v) is 6.42. The maximum atomic E-state index is 13.9. The van der Waals surface area contributed by atoms with Crippen LogP contribution in [0.5, 0.6) is 0 Å². The largest absolute Gasteiger partial charge is 0.354 e.